The maximum Gasteiger partial charge on any atom is 0.249 e. The Morgan fingerprint density at radius 3 is 2.55 bits per heavy atom. The average Bonchev–Trinajstić information content (AvgIpc) is 3.38. The van der Waals surface area contributed by atoms with Gasteiger partial charge in [-0.2, -0.15) is 5.26 Å². The molecule has 1 amide bonds. The Hall–Kier alpha value is -4.08. The number of Topliss-reactive ketones (excluding diaryl/α,β-unsaturated/α-hetero) is 1. The molecule has 0 radical (unpaired) electrons. The zero-order valence-corrected chi connectivity index (χ0v) is 18.1. The molecule has 6 nitrogen and oxygen atoms in total. The van der Waals surface area contributed by atoms with Crippen molar-refractivity contribution in [1.29, 1.82) is 5.26 Å². The largest absolute Gasteiger partial charge is 0.324 e. The standard InChI is InChI=1S/C26H17ClN4O2/c27-16-9-6-10-17(13-16)29-26(33)20(14-28)25(32)24-22-21(15-7-2-1-3-8-15)18-11-4-5-12-19(18)23(22)30-31-24/h2-13,15,20H,1H2,(H,29,33). The molecule has 0 saturated carbocycles. The van der Waals surface area contributed by atoms with Crippen LogP contribution in [0.5, 0.6) is 0 Å². The topological polar surface area (TPSA) is 94.7 Å². The summed E-state index contributed by atoms with van der Waals surface area (Å²) in [6, 6.07) is 16.1. The van der Waals surface area contributed by atoms with Crippen LogP contribution in [-0.4, -0.2) is 11.7 Å². The minimum absolute atomic E-state index is 0.0383. The van der Waals surface area contributed by atoms with E-state index in [1.54, 1.807) is 24.3 Å². The van der Waals surface area contributed by atoms with Crippen LogP contribution in [0.4, 0.5) is 5.69 Å². The predicted octanol–water partition coefficient (Wildman–Crippen LogP) is 3.81. The third kappa shape index (κ3) is 3.63. The number of halogens is 1. The summed E-state index contributed by atoms with van der Waals surface area (Å²) in [5.41, 5.74) is 2.54. The maximum atomic E-state index is 13.4. The fraction of sp³-hybridized carbons (Fsp3) is 0.115. The van der Waals surface area contributed by atoms with Crippen LogP contribution in [0.25, 0.3) is 11.3 Å². The number of fused-ring (bicyclic) bond motifs is 2. The molecule has 0 fully saturated rings. The smallest absolute Gasteiger partial charge is 0.249 e. The van der Waals surface area contributed by atoms with E-state index in [2.05, 4.69) is 39.8 Å². The number of carbonyl (C=O) groups is 2. The van der Waals surface area contributed by atoms with Crippen molar-refractivity contribution in [3.8, 4) is 6.07 Å². The fourth-order valence-corrected chi connectivity index (χ4v) is 4.46. The molecule has 160 valence electrons. The molecule has 0 bridgehead atoms. The van der Waals surface area contributed by atoms with E-state index in [-0.39, 0.29) is 11.6 Å². The van der Waals surface area contributed by atoms with Crippen LogP contribution in [0, 0.1) is 23.2 Å². The molecule has 33 heavy (non-hydrogen) atoms. The van der Waals surface area contributed by atoms with Gasteiger partial charge in [0.15, 0.2) is 5.92 Å². The second-order valence-corrected chi connectivity index (χ2v) is 8.21. The molecule has 2 aliphatic carbocycles. The minimum atomic E-state index is -1.58. The summed E-state index contributed by atoms with van der Waals surface area (Å²) in [7, 11) is 0. The van der Waals surface area contributed by atoms with Crippen LogP contribution in [-0.2, 0) is 9.59 Å². The summed E-state index contributed by atoms with van der Waals surface area (Å²) in [4.78, 5) is 26.2. The Labute approximate surface area is 194 Å². The molecule has 1 aliphatic heterocycles. The molecular formula is C26H17ClN4O2. The van der Waals surface area contributed by atoms with Crippen molar-refractivity contribution in [3.05, 3.63) is 99.6 Å². The number of rotatable bonds is 5. The van der Waals surface area contributed by atoms with E-state index in [9.17, 15) is 14.9 Å². The van der Waals surface area contributed by atoms with E-state index in [1.165, 1.54) is 0 Å². The van der Waals surface area contributed by atoms with Crippen LogP contribution >= 0.6 is 11.6 Å². The highest BCUT2D eigenvalue weighted by molar-refractivity contribution is 6.31. The van der Waals surface area contributed by atoms with Crippen LogP contribution < -0.4 is 15.8 Å². The number of ketones is 1. The third-order valence-corrected chi connectivity index (χ3v) is 5.97. The summed E-state index contributed by atoms with van der Waals surface area (Å²) in [5.74, 6) is -3.05. The molecule has 0 saturated heterocycles. The van der Waals surface area contributed by atoms with Gasteiger partial charge in [0.1, 0.15) is 11.4 Å². The average molecular weight is 453 g/mol. The van der Waals surface area contributed by atoms with E-state index in [0.29, 0.717) is 22.0 Å². The number of nitrogens with one attached hydrogen (secondary N) is 1. The second kappa shape index (κ2) is 8.45. The van der Waals surface area contributed by atoms with E-state index in [4.69, 9.17) is 11.6 Å². The van der Waals surface area contributed by atoms with Crippen molar-refractivity contribution < 1.29 is 9.59 Å². The lowest BCUT2D eigenvalue weighted by Gasteiger charge is -2.16. The number of nitriles is 1. The van der Waals surface area contributed by atoms with E-state index in [0.717, 1.165) is 22.4 Å². The van der Waals surface area contributed by atoms with Gasteiger partial charge in [0.2, 0.25) is 11.7 Å². The van der Waals surface area contributed by atoms with E-state index < -0.39 is 17.6 Å². The Balaban J connectivity index is 1.57. The second-order valence-electron chi connectivity index (χ2n) is 7.78. The van der Waals surface area contributed by atoms with Gasteiger partial charge in [-0.05, 0) is 35.4 Å². The summed E-state index contributed by atoms with van der Waals surface area (Å²) >= 11 is 5.97. The Morgan fingerprint density at radius 1 is 1.06 bits per heavy atom. The minimum Gasteiger partial charge on any atom is -0.324 e. The van der Waals surface area contributed by atoms with Crippen molar-refractivity contribution in [2.24, 2.45) is 22.1 Å². The molecule has 1 N–H and O–H groups in total. The number of hydrogen-bond acceptors (Lipinski definition) is 5. The van der Waals surface area contributed by atoms with Gasteiger partial charge in [-0.15, -0.1) is 10.2 Å². The molecule has 1 atom stereocenters. The molecule has 0 spiro atoms. The van der Waals surface area contributed by atoms with Crippen molar-refractivity contribution in [1.82, 2.24) is 0 Å². The van der Waals surface area contributed by atoms with E-state index in [1.807, 2.05) is 30.3 Å². The van der Waals surface area contributed by atoms with Gasteiger partial charge >= 0.3 is 0 Å². The zero-order chi connectivity index (χ0) is 22.9. The molecular weight excluding hydrogens is 436 g/mol. The van der Waals surface area contributed by atoms with Gasteiger partial charge in [0.25, 0.3) is 0 Å². The lowest BCUT2D eigenvalue weighted by Crippen LogP contribution is -2.29. The highest BCUT2D eigenvalue weighted by Crippen LogP contribution is 2.40. The van der Waals surface area contributed by atoms with Crippen LogP contribution in [0.2, 0.25) is 5.02 Å². The number of carbonyl (C=O) groups excluding carboxylic acids is 2. The Bertz CT molecular complexity index is 1480. The molecule has 5 rings (SSSR count). The number of azo groups is 1. The molecule has 2 aromatic carbocycles. The van der Waals surface area contributed by atoms with Crippen molar-refractivity contribution in [2.45, 2.75) is 6.42 Å². The summed E-state index contributed by atoms with van der Waals surface area (Å²) < 4.78 is 0. The quantitative estimate of drug-likeness (QED) is 0.552. The highest BCUT2D eigenvalue weighted by Gasteiger charge is 2.38. The van der Waals surface area contributed by atoms with Crippen LogP contribution in [0.3, 0.4) is 0 Å². The summed E-state index contributed by atoms with van der Waals surface area (Å²) in [6.45, 7) is 0. The number of benzene rings is 2. The molecule has 1 heterocycles. The van der Waals surface area contributed by atoms with Gasteiger partial charge in [-0.3, -0.25) is 9.59 Å². The lowest BCUT2D eigenvalue weighted by molar-refractivity contribution is -0.126. The van der Waals surface area contributed by atoms with Gasteiger partial charge in [0.05, 0.1) is 6.07 Å². The van der Waals surface area contributed by atoms with Crippen LogP contribution in [0.1, 0.15) is 6.42 Å². The number of allylic oxidation sites excluding steroid dienone is 5. The summed E-state index contributed by atoms with van der Waals surface area (Å²) in [6.07, 6.45) is 9.15. The normalized spacial score (nSPS) is 17.1. The number of anilines is 1. The Morgan fingerprint density at radius 2 is 1.82 bits per heavy atom. The first kappa shape index (κ1) is 20.8. The SMILES string of the molecule is N#CC(C(=O)Nc1cccc(Cl)c1)C(=O)C1=C2C(=c3ccccc3=C2C2C=CCC=C2)N=N1. The Kier molecular flexibility index (Phi) is 5.33. The first-order valence-corrected chi connectivity index (χ1v) is 10.8. The van der Waals surface area contributed by atoms with Gasteiger partial charge < -0.3 is 5.32 Å². The predicted molar refractivity (Wildman–Crippen MR) is 125 cm³/mol. The molecule has 7 heteroatoms. The molecule has 0 aromatic heterocycles. The maximum absolute atomic E-state index is 13.4. The molecule has 2 aromatic rings. The first-order valence-electron chi connectivity index (χ1n) is 10.4. The van der Waals surface area contributed by atoms with E-state index >= 15 is 0 Å². The number of nitrogens with zero attached hydrogens (tertiary/aromatic N) is 3. The first-order chi connectivity index (χ1) is 16.1. The number of amides is 1. The van der Waals surface area contributed by atoms with Crippen molar-refractivity contribution in [3.63, 3.8) is 0 Å². The lowest BCUT2D eigenvalue weighted by atomic mass is 9.87. The van der Waals surface area contributed by atoms with Gasteiger partial charge in [-0.1, -0.05) is 66.2 Å². The number of hydrogen-bond donors (Lipinski definition) is 1. The van der Waals surface area contributed by atoms with Crippen LogP contribution in [0.15, 0.2) is 94.3 Å². The van der Waals surface area contributed by atoms with Crippen molar-refractivity contribution >= 4 is 40.2 Å². The zero-order valence-electron chi connectivity index (χ0n) is 17.3. The van der Waals surface area contributed by atoms with Gasteiger partial charge in [-0.25, -0.2) is 0 Å². The monoisotopic (exact) mass is 452 g/mol. The summed E-state index contributed by atoms with van der Waals surface area (Å²) in [5, 5.41) is 23.0. The van der Waals surface area contributed by atoms with Gasteiger partial charge in [0, 0.05) is 27.4 Å². The molecule has 1 unspecified atom stereocenters. The van der Waals surface area contributed by atoms with Crippen molar-refractivity contribution in [2.75, 3.05) is 5.32 Å². The molecule has 3 aliphatic rings. The highest BCUT2D eigenvalue weighted by atomic mass is 35.5. The fourth-order valence-electron chi connectivity index (χ4n) is 4.27. The third-order valence-electron chi connectivity index (χ3n) is 5.74.